The highest BCUT2D eigenvalue weighted by Gasteiger charge is 2.72. The van der Waals surface area contributed by atoms with Gasteiger partial charge in [0.15, 0.2) is 0 Å². The second kappa shape index (κ2) is 8.36. The number of carbonyl (C=O) groups is 2. The third-order valence-corrected chi connectivity index (χ3v) is 8.88. The molecule has 2 aliphatic heterocycles. The number of carbonyl (C=O) groups excluding carboxylic acids is 2. The van der Waals surface area contributed by atoms with Gasteiger partial charge in [0.2, 0.25) is 11.8 Å². The van der Waals surface area contributed by atoms with Crippen molar-refractivity contribution in [1.82, 2.24) is 20.2 Å². The lowest BCUT2D eigenvalue weighted by Gasteiger charge is -2.26. The summed E-state index contributed by atoms with van der Waals surface area (Å²) in [5, 5.41) is 13.0. The number of pyridine rings is 2. The maximum atomic E-state index is 12.9. The standard InChI is InChI=1S/C27H27N5O3S/c1-14-9-15(11-28)31-22(23(14)35-16-5-4-7-29-12-16)18-6-8-30-19-10-17(36-24(18)19)13-32-25(33)20-21(26(32)34)27(20,2)3/h6,8-10,16,20-21,29H,4-5,7,12-13H2,1-3H3. The van der Waals surface area contributed by atoms with Crippen LogP contribution in [0.4, 0.5) is 0 Å². The normalized spacial score (nSPS) is 24.6. The van der Waals surface area contributed by atoms with Crippen LogP contribution >= 0.6 is 11.3 Å². The van der Waals surface area contributed by atoms with Crippen LogP contribution in [0.1, 0.15) is 42.8 Å². The van der Waals surface area contributed by atoms with Gasteiger partial charge in [-0.25, -0.2) is 4.98 Å². The quantitative estimate of drug-likeness (QED) is 0.530. The Morgan fingerprint density at radius 2 is 2.06 bits per heavy atom. The maximum Gasteiger partial charge on any atom is 0.234 e. The minimum absolute atomic E-state index is 0.0324. The number of likely N-dealkylation sites (tertiary alicyclic amines) is 1. The summed E-state index contributed by atoms with van der Waals surface area (Å²) in [6.07, 6.45) is 3.76. The first-order valence-electron chi connectivity index (χ1n) is 12.3. The third-order valence-electron chi connectivity index (χ3n) is 7.73. The number of fused-ring (bicyclic) bond motifs is 2. The lowest BCUT2D eigenvalue weighted by molar-refractivity contribution is -0.143. The SMILES string of the molecule is Cc1cc(C#N)nc(-c2ccnc3cc(CN4C(=O)C5C(C4=O)C5(C)C)sc23)c1OC1CCCNC1. The van der Waals surface area contributed by atoms with E-state index in [4.69, 9.17) is 4.74 Å². The van der Waals surface area contributed by atoms with Crippen LogP contribution in [0.25, 0.3) is 21.5 Å². The molecule has 5 heterocycles. The van der Waals surface area contributed by atoms with E-state index >= 15 is 0 Å². The van der Waals surface area contributed by atoms with Gasteiger partial charge in [-0.2, -0.15) is 5.26 Å². The zero-order chi connectivity index (χ0) is 25.2. The fourth-order valence-electron chi connectivity index (χ4n) is 5.70. The van der Waals surface area contributed by atoms with E-state index in [1.807, 2.05) is 32.9 Å². The van der Waals surface area contributed by atoms with Gasteiger partial charge in [-0.05, 0) is 55.5 Å². The van der Waals surface area contributed by atoms with Crippen molar-refractivity contribution in [2.24, 2.45) is 17.3 Å². The van der Waals surface area contributed by atoms with Gasteiger partial charge in [0.25, 0.3) is 0 Å². The number of thiophene rings is 1. The first-order chi connectivity index (χ1) is 17.3. The Balaban J connectivity index is 1.37. The van der Waals surface area contributed by atoms with Crippen LogP contribution in [0.15, 0.2) is 24.4 Å². The number of hydrogen-bond acceptors (Lipinski definition) is 8. The van der Waals surface area contributed by atoms with Crippen LogP contribution in [0.5, 0.6) is 5.75 Å². The van der Waals surface area contributed by atoms with Gasteiger partial charge in [0.05, 0.1) is 28.6 Å². The van der Waals surface area contributed by atoms with E-state index < -0.39 is 0 Å². The molecule has 36 heavy (non-hydrogen) atoms. The average Bonchev–Trinajstić information content (AvgIpc) is 3.11. The van der Waals surface area contributed by atoms with Crippen molar-refractivity contribution in [2.45, 2.75) is 46.3 Å². The van der Waals surface area contributed by atoms with E-state index in [0.29, 0.717) is 17.1 Å². The Hall–Kier alpha value is -3.35. The van der Waals surface area contributed by atoms with Crippen molar-refractivity contribution in [2.75, 3.05) is 13.1 Å². The molecule has 3 aromatic heterocycles. The molecule has 2 amide bonds. The summed E-state index contributed by atoms with van der Waals surface area (Å²) in [7, 11) is 0. The summed E-state index contributed by atoms with van der Waals surface area (Å²) in [5.74, 6) is 0.149. The molecule has 9 heteroatoms. The zero-order valence-corrected chi connectivity index (χ0v) is 21.3. The number of nitrogens with one attached hydrogen (secondary N) is 1. The van der Waals surface area contributed by atoms with E-state index in [1.54, 1.807) is 12.3 Å². The van der Waals surface area contributed by atoms with Gasteiger partial charge in [-0.3, -0.25) is 19.5 Å². The number of ether oxygens (including phenoxy) is 1. The molecule has 0 spiro atoms. The Labute approximate surface area is 213 Å². The van der Waals surface area contributed by atoms with E-state index in [2.05, 4.69) is 21.4 Å². The smallest absolute Gasteiger partial charge is 0.234 e. The Kier molecular flexibility index (Phi) is 5.36. The van der Waals surface area contributed by atoms with E-state index in [0.717, 1.165) is 52.2 Å². The molecule has 0 aromatic carbocycles. The van der Waals surface area contributed by atoms with Crippen LogP contribution in [0.3, 0.4) is 0 Å². The number of hydrogen-bond donors (Lipinski definition) is 1. The minimum Gasteiger partial charge on any atom is -0.487 e. The van der Waals surface area contributed by atoms with Crippen LogP contribution in [-0.4, -0.2) is 45.9 Å². The lowest BCUT2D eigenvalue weighted by atomic mass is 10.1. The Morgan fingerprint density at radius 1 is 1.28 bits per heavy atom. The van der Waals surface area contributed by atoms with E-state index in [1.165, 1.54) is 16.2 Å². The summed E-state index contributed by atoms with van der Waals surface area (Å²) in [4.78, 5) is 37.2. The number of nitrogens with zero attached hydrogens (tertiary/aromatic N) is 4. The second-order valence-electron chi connectivity index (χ2n) is 10.5. The monoisotopic (exact) mass is 501 g/mol. The minimum atomic E-state index is -0.223. The summed E-state index contributed by atoms with van der Waals surface area (Å²) in [6, 6.07) is 7.74. The van der Waals surface area contributed by atoms with Gasteiger partial charge < -0.3 is 10.1 Å². The number of imide groups is 1. The highest BCUT2D eigenvalue weighted by atomic mass is 32.1. The fourth-order valence-corrected chi connectivity index (χ4v) is 6.82. The van der Waals surface area contributed by atoms with Crippen molar-refractivity contribution < 1.29 is 14.3 Å². The van der Waals surface area contributed by atoms with Crippen molar-refractivity contribution in [3.63, 3.8) is 0 Å². The van der Waals surface area contributed by atoms with Gasteiger partial charge >= 0.3 is 0 Å². The van der Waals surface area contributed by atoms with Gasteiger partial charge in [0, 0.05) is 23.2 Å². The average molecular weight is 502 g/mol. The molecule has 184 valence electrons. The molecule has 2 saturated heterocycles. The molecular formula is C27H27N5O3S. The number of nitriles is 1. The largest absolute Gasteiger partial charge is 0.487 e. The molecule has 3 unspecified atom stereocenters. The lowest BCUT2D eigenvalue weighted by Crippen LogP contribution is -2.37. The molecule has 3 aromatic rings. The van der Waals surface area contributed by atoms with E-state index in [9.17, 15) is 14.9 Å². The van der Waals surface area contributed by atoms with Gasteiger partial charge in [-0.1, -0.05) is 13.8 Å². The first kappa shape index (κ1) is 23.1. The van der Waals surface area contributed by atoms with Crippen LogP contribution in [-0.2, 0) is 16.1 Å². The molecular weight excluding hydrogens is 474 g/mol. The highest BCUT2D eigenvalue weighted by Crippen LogP contribution is 2.63. The molecule has 1 saturated carbocycles. The summed E-state index contributed by atoms with van der Waals surface area (Å²) in [5.41, 5.74) is 3.18. The second-order valence-corrected chi connectivity index (χ2v) is 11.7. The summed E-state index contributed by atoms with van der Waals surface area (Å²) in [6.45, 7) is 7.92. The van der Waals surface area contributed by atoms with Gasteiger partial charge in [-0.15, -0.1) is 11.3 Å². The number of rotatable bonds is 5. The van der Waals surface area contributed by atoms with Crippen molar-refractivity contribution in [3.8, 4) is 23.1 Å². The van der Waals surface area contributed by atoms with Crippen LogP contribution in [0.2, 0.25) is 0 Å². The predicted molar refractivity (Wildman–Crippen MR) is 135 cm³/mol. The molecule has 3 fully saturated rings. The first-order valence-corrected chi connectivity index (χ1v) is 13.1. The molecule has 8 nitrogen and oxygen atoms in total. The summed E-state index contributed by atoms with van der Waals surface area (Å²) >= 11 is 1.50. The Morgan fingerprint density at radius 3 is 2.75 bits per heavy atom. The van der Waals surface area contributed by atoms with Crippen LogP contribution in [0, 0.1) is 35.5 Å². The molecule has 0 bridgehead atoms. The fraction of sp³-hybridized carbons (Fsp3) is 0.444. The highest BCUT2D eigenvalue weighted by molar-refractivity contribution is 7.19. The van der Waals surface area contributed by atoms with Crippen molar-refractivity contribution in [3.05, 3.63) is 40.5 Å². The number of piperidine rings is 2. The van der Waals surface area contributed by atoms with Crippen molar-refractivity contribution >= 4 is 33.4 Å². The number of amides is 2. The predicted octanol–water partition coefficient (Wildman–Crippen LogP) is 3.81. The zero-order valence-electron chi connectivity index (χ0n) is 20.5. The summed E-state index contributed by atoms with van der Waals surface area (Å²) < 4.78 is 7.35. The molecule has 6 rings (SSSR count). The molecule has 1 aliphatic carbocycles. The molecule has 3 atom stereocenters. The molecule has 3 aliphatic rings. The number of aryl methyl sites for hydroxylation is 1. The Bertz CT molecular complexity index is 1430. The molecule has 1 N–H and O–H groups in total. The van der Waals surface area contributed by atoms with E-state index in [-0.39, 0.29) is 41.7 Å². The topological polar surface area (TPSA) is 108 Å². The number of aromatic nitrogens is 2. The van der Waals surface area contributed by atoms with Gasteiger partial charge in [0.1, 0.15) is 29.3 Å². The molecule has 0 radical (unpaired) electrons. The van der Waals surface area contributed by atoms with Crippen molar-refractivity contribution in [1.29, 1.82) is 5.26 Å². The maximum absolute atomic E-state index is 12.9. The third kappa shape index (κ3) is 3.59. The van der Waals surface area contributed by atoms with Crippen LogP contribution < -0.4 is 10.1 Å².